The molecular formula is C8H13F3N2O3. The number of halogens is 3. The van der Waals surface area contributed by atoms with Gasteiger partial charge in [0.1, 0.15) is 12.0 Å². The Kier molecular flexibility index (Phi) is 8.09. The van der Waals surface area contributed by atoms with E-state index in [0.717, 1.165) is 7.11 Å². The zero-order valence-corrected chi connectivity index (χ0v) is 8.76. The number of nitrogens with one attached hydrogen (secondary N) is 1. The second kappa shape index (κ2) is 7.69. The molecule has 0 aliphatic rings. The van der Waals surface area contributed by atoms with Crippen molar-refractivity contribution in [3.8, 4) is 0 Å². The number of alkyl halides is 3. The van der Waals surface area contributed by atoms with Crippen LogP contribution in [0.25, 0.3) is 0 Å². The van der Waals surface area contributed by atoms with Crippen molar-refractivity contribution in [2.75, 3.05) is 14.2 Å². The van der Waals surface area contributed by atoms with Gasteiger partial charge in [-0.25, -0.2) is 0 Å². The monoisotopic (exact) mass is 242 g/mol. The third-order valence-electron chi connectivity index (χ3n) is 1.35. The molecule has 0 bridgehead atoms. The highest BCUT2D eigenvalue weighted by atomic mass is 19.4. The highest BCUT2D eigenvalue weighted by Gasteiger charge is 2.30. The first-order valence-corrected chi connectivity index (χ1v) is 3.99. The number of likely N-dealkylation sites (N-methyl/N-ethyl adjacent to an activating group) is 1. The molecule has 0 aromatic rings. The van der Waals surface area contributed by atoms with Gasteiger partial charge in [0.05, 0.1) is 6.42 Å². The van der Waals surface area contributed by atoms with E-state index in [1.807, 2.05) is 5.32 Å². The van der Waals surface area contributed by atoms with Gasteiger partial charge in [-0.1, -0.05) is 0 Å². The molecule has 16 heavy (non-hydrogen) atoms. The van der Waals surface area contributed by atoms with Crippen LogP contribution in [0.1, 0.15) is 6.42 Å². The molecule has 0 spiro atoms. The quantitative estimate of drug-likeness (QED) is 0.468. The van der Waals surface area contributed by atoms with E-state index in [4.69, 9.17) is 10.8 Å². The molecule has 0 aliphatic heterocycles. The standard InChI is InChI=1S/C7H9F3N2O2.CH4O/c1-12-6(14)5(11)4(3-13)2-7(8,9)10;1-2/h3H,2,11H2,1H3,(H,12,14);2H,1H3/b5-4-;. The molecule has 8 heteroatoms. The molecular weight excluding hydrogens is 229 g/mol. The van der Waals surface area contributed by atoms with Crippen LogP contribution in [0.15, 0.2) is 11.3 Å². The van der Waals surface area contributed by atoms with Crippen molar-refractivity contribution in [1.82, 2.24) is 5.32 Å². The number of carbonyl (C=O) groups is 2. The Hall–Kier alpha value is -1.57. The van der Waals surface area contributed by atoms with E-state index in [1.54, 1.807) is 0 Å². The lowest BCUT2D eigenvalue weighted by Gasteiger charge is -2.08. The third kappa shape index (κ3) is 6.82. The highest BCUT2D eigenvalue weighted by Crippen LogP contribution is 2.24. The van der Waals surface area contributed by atoms with Gasteiger partial charge in [-0.05, 0) is 0 Å². The van der Waals surface area contributed by atoms with Crippen LogP contribution < -0.4 is 11.1 Å². The minimum absolute atomic E-state index is 0.0714. The molecule has 0 atom stereocenters. The summed E-state index contributed by atoms with van der Waals surface area (Å²) in [5, 5.41) is 9.02. The first kappa shape index (κ1) is 16.8. The average Bonchev–Trinajstić information content (AvgIpc) is 2.25. The van der Waals surface area contributed by atoms with Crippen molar-refractivity contribution in [2.45, 2.75) is 12.6 Å². The summed E-state index contributed by atoms with van der Waals surface area (Å²) in [6, 6.07) is 0. The molecule has 1 amide bonds. The van der Waals surface area contributed by atoms with Gasteiger partial charge in [-0.3, -0.25) is 9.59 Å². The smallest absolute Gasteiger partial charge is 0.393 e. The summed E-state index contributed by atoms with van der Waals surface area (Å²) in [4.78, 5) is 21.0. The van der Waals surface area contributed by atoms with Crippen molar-refractivity contribution in [2.24, 2.45) is 5.73 Å². The van der Waals surface area contributed by atoms with Crippen LogP contribution >= 0.6 is 0 Å². The summed E-state index contributed by atoms with van der Waals surface area (Å²) in [6.07, 6.45) is -6.14. The van der Waals surface area contributed by atoms with Gasteiger partial charge >= 0.3 is 6.18 Å². The SMILES string of the molecule is CNC(=O)/C(N)=C(/C=O)CC(F)(F)F.CO. The second-order valence-electron chi connectivity index (χ2n) is 2.43. The van der Waals surface area contributed by atoms with Crippen molar-refractivity contribution in [3.05, 3.63) is 11.3 Å². The Morgan fingerprint density at radius 3 is 2.12 bits per heavy atom. The van der Waals surface area contributed by atoms with E-state index in [1.165, 1.54) is 7.05 Å². The van der Waals surface area contributed by atoms with E-state index >= 15 is 0 Å². The molecule has 0 fully saturated rings. The number of allylic oxidation sites excluding steroid dienone is 1. The lowest BCUT2D eigenvalue weighted by Crippen LogP contribution is -2.27. The lowest BCUT2D eigenvalue weighted by atomic mass is 10.1. The van der Waals surface area contributed by atoms with Gasteiger partial charge < -0.3 is 16.2 Å². The lowest BCUT2D eigenvalue weighted by molar-refractivity contribution is -0.131. The molecule has 4 N–H and O–H groups in total. The van der Waals surface area contributed by atoms with Gasteiger partial charge in [0.25, 0.3) is 5.91 Å². The summed E-state index contributed by atoms with van der Waals surface area (Å²) in [7, 11) is 2.20. The zero-order chi connectivity index (χ0) is 13.4. The molecule has 0 unspecified atom stereocenters. The van der Waals surface area contributed by atoms with Crippen molar-refractivity contribution < 1.29 is 27.9 Å². The third-order valence-corrected chi connectivity index (χ3v) is 1.35. The molecule has 0 saturated carbocycles. The molecule has 0 saturated heterocycles. The number of amides is 1. The van der Waals surface area contributed by atoms with E-state index in [9.17, 15) is 22.8 Å². The van der Waals surface area contributed by atoms with Crippen LogP contribution in [0, 0.1) is 0 Å². The predicted molar refractivity (Wildman–Crippen MR) is 50.2 cm³/mol. The number of hydrogen-bond acceptors (Lipinski definition) is 4. The second-order valence-corrected chi connectivity index (χ2v) is 2.43. The fourth-order valence-electron chi connectivity index (χ4n) is 0.697. The molecule has 0 aromatic heterocycles. The van der Waals surface area contributed by atoms with E-state index < -0.39 is 29.8 Å². The zero-order valence-electron chi connectivity index (χ0n) is 8.76. The number of aliphatic hydroxyl groups is 1. The maximum absolute atomic E-state index is 11.8. The molecule has 0 aromatic carbocycles. The van der Waals surface area contributed by atoms with Gasteiger partial charge in [0, 0.05) is 19.7 Å². The number of carbonyl (C=O) groups excluding carboxylic acids is 2. The largest absolute Gasteiger partial charge is 0.400 e. The predicted octanol–water partition coefficient (Wildman–Crippen LogP) is -0.295. The maximum atomic E-state index is 11.8. The van der Waals surface area contributed by atoms with Crippen LogP contribution in [-0.4, -0.2) is 37.6 Å². The van der Waals surface area contributed by atoms with Crippen LogP contribution in [0.2, 0.25) is 0 Å². The Morgan fingerprint density at radius 1 is 1.44 bits per heavy atom. The molecule has 0 rings (SSSR count). The average molecular weight is 242 g/mol. The number of aliphatic hydroxyl groups excluding tert-OH is 1. The summed E-state index contributed by atoms with van der Waals surface area (Å²) in [6.45, 7) is 0. The molecule has 94 valence electrons. The van der Waals surface area contributed by atoms with Gasteiger partial charge in [0.2, 0.25) is 0 Å². The molecule has 5 nitrogen and oxygen atoms in total. The molecule has 0 aliphatic carbocycles. The summed E-state index contributed by atoms with van der Waals surface area (Å²) < 4.78 is 35.5. The van der Waals surface area contributed by atoms with Gasteiger partial charge in [0.15, 0.2) is 0 Å². The van der Waals surface area contributed by atoms with Gasteiger partial charge in [-0.15, -0.1) is 0 Å². The van der Waals surface area contributed by atoms with Crippen LogP contribution in [0.5, 0.6) is 0 Å². The minimum atomic E-state index is -4.56. The highest BCUT2D eigenvalue weighted by molar-refractivity contribution is 5.97. The Labute approximate surface area is 90.1 Å². The normalized spacial score (nSPS) is 11.9. The summed E-state index contributed by atoms with van der Waals surface area (Å²) >= 11 is 0. The van der Waals surface area contributed by atoms with E-state index in [0.29, 0.717) is 0 Å². The molecule has 0 heterocycles. The van der Waals surface area contributed by atoms with E-state index in [-0.39, 0.29) is 6.29 Å². The van der Waals surface area contributed by atoms with Crippen molar-refractivity contribution in [1.29, 1.82) is 0 Å². The first-order chi connectivity index (χ1) is 7.31. The first-order valence-electron chi connectivity index (χ1n) is 3.99. The van der Waals surface area contributed by atoms with Gasteiger partial charge in [-0.2, -0.15) is 13.2 Å². The maximum Gasteiger partial charge on any atom is 0.393 e. The topological polar surface area (TPSA) is 92.4 Å². The Balaban J connectivity index is 0. The van der Waals surface area contributed by atoms with Crippen molar-refractivity contribution >= 4 is 12.2 Å². The fraction of sp³-hybridized carbons (Fsp3) is 0.500. The number of aldehydes is 1. The Bertz CT molecular complexity index is 274. The minimum Gasteiger partial charge on any atom is -0.400 e. The van der Waals surface area contributed by atoms with E-state index in [2.05, 4.69) is 0 Å². The summed E-state index contributed by atoms with van der Waals surface area (Å²) in [5.74, 6) is -0.906. The van der Waals surface area contributed by atoms with Crippen LogP contribution in [0.3, 0.4) is 0 Å². The number of nitrogens with two attached hydrogens (primary N) is 1. The van der Waals surface area contributed by atoms with Crippen molar-refractivity contribution in [3.63, 3.8) is 0 Å². The Morgan fingerprint density at radius 2 is 1.88 bits per heavy atom. The number of rotatable bonds is 3. The number of hydrogen-bond donors (Lipinski definition) is 3. The van der Waals surface area contributed by atoms with Crippen LogP contribution in [-0.2, 0) is 9.59 Å². The summed E-state index contributed by atoms with van der Waals surface area (Å²) in [5.41, 5.74) is 3.55. The molecule has 0 radical (unpaired) electrons. The van der Waals surface area contributed by atoms with Crippen LogP contribution in [0.4, 0.5) is 13.2 Å². The fourth-order valence-corrected chi connectivity index (χ4v) is 0.697.